The molecule has 0 fully saturated rings. The van der Waals surface area contributed by atoms with Gasteiger partial charge in [-0.15, -0.1) is 0 Å². The minimum atomic E-state index is 0.149. The number of rotatable bonds is 0. The van der Waals surface area contributed by atoms with Gasteiger partial charge in [0.25, 0.3) is 0 Å². The zero-order valence-corrected chi connectivity index (χ0v) is 9.10. The molecule has 3 rings (SSSR count). The zero-order valence-electron chi connectivity index (χ0n) is 9.10. The van der Waals surface area contributed by atoms with E-state index in [9.17, 15) is 4.79 Å². The van der Waals surface area contributed by atoms with Crippen molar-refractivity contribution in [2.75, 3.05) is 0 Å². The lowest BCUT2D eigenvalue weighted by Crippen LogP contribution is -2.15. The average molecular weight is 210 g/mol. The normalized spacial score (nSPS) is 31.4. The van der Waals surface area contributed by atoms with Crippen molar-refractivity contribution in [3.8, 4) is 0 Å². The molecule has 0 unspecified atom stereocenters. The van der Waals surface area contributed by atoms with E-state index in [0.29, 0.717) is 11.7 Å². The van der Waals surface area contributed by atoms with E-state index in [2.05, 4.69) is 24.3 Å². The summed E-state index contributed by atoms with van der Waals surface area (Å²) in [7, 11) is 0. The van der Waals surface area contributed by atoms with E-state index in [1.165, 1.54) is 5.57 Å². The van der Waals surface area contributed by atoms with Gasteiger partial charge in [0.05, 0.1) is 0 Å². The third kappa shape index (κ3) is 1.35. The Balaban J connectivity index is 2.06. The third-order valence-electron chi connectivity index (χ3n) is 3.59. The summed E-state index contributed by atoms with van der Waals surface area (Å²) in [6.45, 7) is 0. The van der Waals surface area contributed by atoms with Crippen LogP contribution in [0.3, 0.4) is 0 Å². The Morgan fingerprint density at radius 3 is 2.88 bits per heavy atom. The fourth-order valence-corrected chi connectivity index (χ4v) is 2.80. The average Bonchev–Trinajstić information content (AvgIpc) is 2.60. The van der Waals surface area contributed by atoms with Crippen LogP contribution in [0.25, 0.3) is 0 Å². The van der Waals surface area contributed by atoms with Crippen LogP contribution in [0.5, 0.6) is 0 Å². The van der Waals surface area contributed by atoms with Crippen LogP contribution in [0.15, 0.2) is 59.8 Å². The standard InChI is InChI=1S/C15H14O/c16-15-13-9-5-1-3-7-11(13)12-8-4-2-6-10-14(12)15/h1-7,10-11,13H,8-9H2/t11-,13-/m0/s1. The van der Waals surface area contributed by atoms with Crippen molar-refractivity contribution in [2.24, 2.45) is 11.8 Å². The highest BCUT2D eigenvalue weighted by atomic mass is 16.1. The summed E-state index contributed by atoms with van der Waals surface area (Å²) in [5.74, 6) is 0.803. The van der Waals surface area contributed by atoms with Crippen LogP contribution >= 0.6 is 0 Å². The van der Waals surface area contributed by atoms with Crippen molar-refractivity contribution >= 4 is 5.78 Å². The third-order valence-corrected chi connectivity index (χ3v) is 3.59. The smallest absolute Gasteiger partial charge is 0.167 e. The minimum Gasteiger partial charge on any atom is -0.294 e. The minimum absolute atomic E-state index is 0.149. The fourth-order valence-electron chi connectivity index (χ4n) is 2.80. The summed E-state index contributed by atoms with van der Waals surface area (Å²) in [5, 5.41) is 0. The van der Waals surface area contributed by atoms with Gasteiger partial charge in [-0.25, -0.2) is 0 Å². The lowest BCUT2D eigenvalue weighted by atomic mass is 9.87. The maximum Gasteiger partial charge on any atom is 0.167 e. The van der Waals surface area contributed by atoms with E-state index in [1.807, 2.05) is 24.3 Å². The van der Waals surface area contributed by atoms with E-state index < -0.39 is 0 Å². The molecule has 0 amide bonds. The molecule has 0 heterocycles. The molecule has 3 aliphatic rings. The van der Waals surface area contributed by atoms with Crippen molar-refractivity contribution < 1.29 is 4.79 Å². The number of fused-ring (bicyclic) bond motifs is 2. The number of carbonyl (C=O) groups excluding carboxylic acids is 1. The Morgan fingerprint density at radius 2 is 1.94 bits per heavy atom. The van der Waals surface area contributed by atoms with Crippen molar-refractivity contribution in [3.63, 3.8) is 0 Å². The summed E-state index contributed by atoms with van der Waals surface area (Å²) in [6.07, 6.45) is 18.3. The van der Waals surface area contributed by atoms with E-state index in [0.717, 1.165) is 18.4 Å². The quantitative estimate of drug-likeness (QED) is 0.600. The van der Waals surface area contributed by atoms with Gasteiger partial charge in [0.2, 0.25) is 0 Å². The molecule has 1 nitrogen and oxygen atoms in total. The van der Waals surface area contributed by atoms with Crippen molar-refractivity contribution in [1.29, 1.82) is 0 Å². The van der Waals surface area contributed by atoms with Gasteiger partial charge in [-0.1, -0.05) is 48.6 Å². The molecular weight excluding hydrogens is 196 g/mol. The maximum atomic E-state index is 12.3. The highest BCUT2D eigenvalue weighted by Gasteiger charge is 2.38. The van der Waals surface area contributed by atoms with Crippen LogP contribution in [0, 0.1) is 11.8 Å². The second kappa shape index (κ2) is 3.75. The lowest BCUT2D eigenvalue weighted by molar-refractivity contribution is -0.118. The van der Waals surface area contributed by atoms with E-state index in [4.69, 9.17) is 0 Å². The van der Waals surface area contributed by atoms with E-state index >= 15 is 0 Å². The molecule has 2 atom stereocenters. The first-order valence-electron chi connectivity index (χ1n) is 5.82. The molecule has 3 aliphatic carbocycles. The number of hydrogen-bond donors (Lipinski definition) is 0. The van der Waals surface area contributed by atoms with Crippen LogP contribution in [-0.4, -0.2) is 5.78 Å². The van der Waals surface area contributed by atoms with E-state index in [-0.39, 0.29) is 5.92 Å². The monoisotopic (exact) mass is 210 g/mol. The number of carbonyl (C=O) groups is 1. The van der Waals surface area contributed by atoms with Gasteiger partial charge >= 0.3 is 0 Å². The van der Waals surface area contributed by atoms with Gasteiger partial charge in [0.15, 0.2) is 5.78 Å². The molecule has 0 saturated heterocycles. The van der Waals surface area contributed by atoms with Crippen LogP contribution < -0.4 is 0 Å². The Hall–Kier alpha value is -1.63. The van der Waals surface area contributed by atoms with Crippen LogP contribution in [0.1, 0.15) is 12.8 Å². The molecule has 80 valence electrons. The van der Waals surface area contributed by atoms with Gasteiger partial charge < -0.3 is 0 Å². The number of Topliss-reactive ketones (excluding diaryl/α,β-unsaturated/α-hetero) is 1. The first-order chi connectivity index (χ1) is 7.88. The second-order valence-electron chi connectivity index (χ2n) is 4.48. The van der Waals surface area contributed by atoms with Gasteiger partial charge in [-0.2, -0.15) is 0 Å². The second-order valence-corrected chi connectivity index (χ2v) is 4.48. The highest BCUT2D eigenvalue weighted by molar-refractivity contribution is 6.04. The Labute approximate surface area is 95.5 Å². The Bertz CT molecular complexity index is 472. The molecule has 0 aromatic carbocycles. The Morgan fingerprint density at radius 1 is 1.06 bits per heavy atom. The molecule has 0 radical (unpaired) electrons. The van der Waals surface area contributed by atoms with Gasteiger partial charge in [0, 0.05) is 17.4 Å². The summed E-state index contributed by atoms with van der Waals surface area (Å²) < 4.78 is 0. The predicted molar refractivity (Wildman–Crippen MR) is 64.8 cm³/mol. The SMILES string of the molecule is O=C1C2=C(CC=CC=C2)[C@@H]2C=CC=CC[C@H]12. The summed E-state index contributed by atoms with van der Waals surface area (Å²) in [6, 6.07) is 0. The van der Waals surface area contributed by atoms with Gasteiger partial charge in [-0.3, -0.25) is 4.79 Å². The molecule has 0 saturated carbocycles. The first-order valence-corrected chi connectivity index (χ1v) is 5.82. The molecule has 0 aliphatic heterocycles. The molecule has 1 heteroatoms. The van der Waals surface area contributed by atoms with E-state index in [1.54, 1.807) is 0 Å². The summed E-state index contributed by atoms with van der Waals surface area (Å²) >= 11 is 0. The highest BCUT2D eigenvalue weighted by Crippen LogP contribution is 2.41. The number of allylic oxidation sites excluding steroid dienone is 10. The predicted octanol–water partition coefficient (Wildman–Crippen LogP) is 3.13. The molecule has 0 N–H and O–H groups in total. The molecule has 0 bridgehead atoms. The fraction of sp³-hybridized carbons (Fsp3) is 0.267. The molecule has 0 aromatic rings. The van der Waals surface area contributed by atoms with Crippen LogP contribution in [-0.2, 0) is 4.79 Å². The largest absolute Gasteiger partial charge is 0.294 e. The molecular formula is C15H14O. The van der Waals surface area contributed by atoms with Crippen molar-refractivity contribution in [3.05, 3.63) is 59.8 Å². The summed E-state index contributed by atoms with van der Waals surface area (Å²) in [5.41, 5.74) is 2.26. The maximum absolute atomic E-state index is 12.3. The van der Waals surface area contributed by atoms with Crippen molar-refractivity contribution in [1.82, 2.24) is 0 Å². The lowest BCUT2D eigenvalue weighted by Gasteiger charge is -2.15. The zero-order chi connectivity index (χ0) is 11.0. The molecule has 0 aromatic heterocycles. The molecule has 0 spiro atoms. The summed E-state index contributed by atoms with van der Waals surface area (Å²) in [4.78, 5) is 12.3. The van der Waals surface area contributed by atoms with Crippen LogP contribution in [0.2, 0.25) is 0 Å². The topological polar surface area (TPSA) is 17.1 Å². The molecule has 16 heavy (non-hydrogen) atoms. The van der Waals surface area contributed by atoms with Gasteiger partial charge in [0.1, 0.15) is 0 Å². The van der Waals surface area contributed by atoms with Crippen molar-refractivity contribution in [2.45, 2.75) is 12.8 Å². The number of ketones is 1. The van der Waals surface area contributed by atoms with Gasteiger partial charge in [-0.05, 0) is 18.4 Å². The Kier molecular flexibility index (Phi) is 2.24. The number of hydrogen-bond acceptors (Lipinski definition) is 1. The van der Waals surface area contributed by atoms with Crippen LogP contribution in [0.4, 0.5) is 0 Å². The first kappa shape index (κ1) is 9.59.